The van der Waals surface area contributed by atoms with E-state index in [1.54, 1.807) is 14.2 Å². The molecule has 0 spiro atoms. The molecule has 0 aliphatic carbocycles. The second-order valence-corrected chi connectivity index (χ2v) is 10.6. The van der Waals surface area contributed by atoms with E-state index in [9.17, 15) is 19.5 Å². The third kappa shape index (κ3) is 6.64. The molecule has 12 nitrogen and oxygen atoms in total. The predicted octanol–water partition coefficient (Wildman–Crippen LogP) is 3.42. The Balaban J connectivity index is 1.55. The topological polar surface area (TPSA) is 147 Å². The van der Waals surface area contributed by atoms with Crippen LogP contribution in [-0.2, 0) is 29.4 Å². The average Bonchev–Trinajstić information content (AvgIpc) is 3.35. The number of anilines is 1. The van der Waals surface area contributed by atoms with Crippen molar-refractivity contribution in [3.05, 3.63) is 118 Å². The van der Waals surface area contributed by atoms with Crippen LogP contribution < -0.4 is 20.5 Å². The van der Waals surface area contributed by atoms with E-state index in [4.69, 9.17) is 23.7 Å². The maximum atomic E-state index is 13.0. The zero-order valence-corrected chi connectivity index (χ0v) is 25.8. The molecule has 1 aromatic heterocycles. The molecule has 4 aromatic rings. The van der Waals surface area contributed by atoms with Gasteiger partial charge in [0.25, 0.3) is 0 Å². The van der Waals surface area contributed by atoms with Gasteiger partial charge in [-0.2, -0.15) is 4.98 Å². The summed E-state index contributed by atoms with van der Waals surface area (Å²) >= 11 is 0. The first-order chi connectivity index (χ1) is 22.2. The number of methoxy groups -OCH3 is 2. The molecule has 1 fully saturated rings. The fourth-order valence-electron chi connectivity index (χ4n) is 5.54. The van der Waals surface area contributed by atoms with Gasteiger partial charge in [-0.3, -0.25) is 14.2 Å². The molecular formula is C34H35N3O9. The number of hydrogen-bond acceptors (Lipinski definition) is 10. The van der Waals surface area contributed by atoms with Crippen molar-refractivity contribution >= 4 is 17.7 Å². The number of aliphatic hydroxyl groups is 1. The number of aliphatic hydroxyl groups excluding tert-OH is 1. The average molecular weight is 630 g/mol. The third-order valence-corrected chi connectivity index (χ3v) is 7.66. The van der Waals surface area contributed by atoms with Gasteiger partial charge in [-0.15, -0.1) is 0 Å². The van der Waals surface area contributed by atoms with Crippen LogP contribution in [0.4, 0.5) is 5.82 Å². The van der Waals surface area contributed by atoms with Crippen LogP contribution in [0.5, 0.6) is 11.5 Å². The molecule has 12 heteroatoms. The Bertz CT molecular complexity index is 1660. The molecule has 46 heavy (non-hydrogen) atoms. The van der Waals surface area contributed by atoms with Gasteiger partial charge in [0.05, 0.1) is 20.8 Å². The summed E-state index contributed by atoms with van der Waals surface area (Å²) in [6, 6.07) is 25.9. The van der Waals surface area contributed by atoms with E-state index in [0.29, 0.717) is 11.5 Å². The van der Waals surface area contributed by atoms with Crippen LogP contribution in [0.25, 0.3) is 0 Å². The standard InChI is InChI=1S/C34H35N3O9/c1-21(38)35-29-18-19-37(33(41)36-29)32-31(45-22(2)39)30(40)28(46-32)20-44-34(23-8-6-5-7-9-23,24-10-14-26(42-3)15-11-24)25-12-16-27(43-4)17-13-25/h5-19,28,30-32,40H,20H2,1-4H3,(H,35,36,38,41). The number of nitrogens with one attached hydrogen (secondary N) is 1. The normalized spacial score (nSPS) is 19.3. The molecule has 1 saturated heterocycles. The van der Waals surface area contributed by atoms with Gasteiger partial charge < -0.3 is 34.1 Å². The number of ether oxygens (including phenoxy) is 5. The number of carbonyl (C=O) groups is 2. The molecule has 0 saturated carbocycles. The Morgan fingerprint density at radius 2 is 1.46 bits per heavy atom. The summed E-state index contributed by atoms with van der Waals surface area (Å²) in [4.78, 5) is 40.4. The number of hydrogen-bond donors (Lipinski definition) is 2. The predicted molar refractivity (Wildman–Crippen MR) is 167 cm³/mol. The second kappa shape index (κ2) is 13.9. The Morgan fingerprint density at radius 3 is 1.96 bits per heavy atom. The van der Waals surface area contributed by atoms with Gasteiger partial charge in [0.1, 0.15) is 35.1 Å². The molecule has 240 valence electrons. The lowest BCUT2D eigenvalue weighted by Gasteiger charge is -2.37. The van der Waals surface area contributed by atoms with Gasteiger partial charge in [-0.25, -0.2) is 4.79 Å². The first-order valence-electron chi connectivity index (χ1n) is 14.5. The van der Waals surface area contributed by atoms with Gasteiger partial charge in [0.2, 0.25) is 5.91 Å². The number of rotatable bonds is 11. The Hall–Kier alpha value is -5.04. The second-order valence-electron chi connectivity index (χ2n) is 10.6. The van der Waals surface area contributed by atoms with Crippen molar-refractivity contribution in [2.45, 2.75) is 44.0 Å². The van der Waals surface area contributed by atoms with Crippen LogP contribution in [0, 0.1) is 0 Å². The van der Waals surface area contributed by atoms with Crippen molar-refractivity contribution in [2.75, 3.05) is 26.1 Å². The minimum atomic E-state index is -1.38. The van der Waals surface area contributed by atoms with Crippen LogP contribution >= 0.6 is 0 Å². The molecule has 5 rings (SSSR count). The van der Waals surface area contributed by atoms with Crippen molar-refractivity contribution in [2.24, 2.45) is 0 Å². The monoisotopic (exact) mass is 629 g/mol. The van der Waals surface area contributed by atoms with E-state index >= 15 is 0 Å². The Kier molecular flexibility index (Phi) is 9.81. The lowest BCUT2D eigenvalue weighted by atomic mass is 9.80. The number of esters is 1. The van der Waals surface area contributed by atoms with E-state index in [2.05, 4.69) is 10.3 Å². The van der Waals surface area contributed by atoms with Gasteiger partial charge in [0, 0.05) is 20.0 Å². The maximum absolute atomic E-state index is 13.0. The molecule has 2 N–H and O–H groups in total. The van der Waals surface area contributed by atoms with E-state index in [0.717, 1.165) is 21.3 Å². The lowest BCUT2D eigenvalue weighted by Crippen LogP contribution is -2.41. The highest BCUT2D eigenvalue weighted by atomic mass is 16.6. The molecule has 0 bridgehead atoms. The van der Waals surface area contributed by atoms with Gasteiger partial charge in [-0.05, 0) is 47.0 Å². The molecule has 4 unspecified atom stereocenters. The minimum Gasteiger partial charge on any atom is -0.497 e. The molecule has 0 radical (unpaired) electrons. The molecule has 1 aliphatic rings. The largest absolute Gasteiger partial charge is 0.497 e. The summed E-state index contributed by atoms with van der Waals surface area (Å²) in [7, 11) is 3.17. The van der Waals surface area contributed by atoms with Crippen molar-refractivity contribution in [1.29, 1.82) is 0 Å². The molecule has 3 aromatic carbocycles. The highest BCUT2D eigenvalue weighted by Gasteiger charge is 2.49. The summed E-state index contributed by atoms with van der Waals surface area (Å²) in [6.45, 7) is 2.30. The van der Waals surface area contributed by atoms with Crippen molar-refractivity contribution < 1.29 is 38.4 Å². The Labute approximate surface area is 265 Å². The smallest absolute Gasteiger partial charge is 0.351 e. The van der Waals surface area contributed by atoms with Gasteiger partial charge >= 0.3 is 11.7 Å². The van der Waals surface area contributed by atoms with Crippen LogP contribution in [-0.4, -0.2) is 65.7 Å². The number of carbonyl (C=O) groups excluding carboxylic acids is 2. The van der Waals surface area contributed by atoms with Crippen molar-refractivity contribution in [3.8, 4) is 11.5 Å². The number of aromatic nitrogens is 2. The molecular weight excluding hydrogens is 594 g/mol. The SMILES string of the molecule is COc1ccc(C(OCC2OC(n3ccc(NC(C)=O)nc3=O)C(OC(C)=O)C2O)(c2ccccc2)c2ccc(OC)cc2)cc1. The van der Waals surface area contributed by atoms with Crippen LogP contribution in [0.3, 0.4) is 0 Å². The molecule has 4 atom stereocenters. The summed E-state index contributed by atoms with van der Waals surface area (Å²) in [5.74, 6) is 0.284. The summed E-state index contributed by atoms with van der Waals surface area (Å²) < 4.78 is 30.4. The Morgan fingerprint density at radius 1 is 0.891 bits per heavy atom. The van der Waals surface area contributed by atoms with E-state index in [1.165, 1.54) is 26.1 Å². The first-order valence-corrected chi connectivity index (χ1v) is 14.5. The van der Waals surface area contributed by atoms with Crippen molar-refractivity contribution in [3.63, 3.8) is 0 Å². The molecule has 1 amide bonds. The first kappa shape index (κ1) is 32.4. The van der Waals surface area contributed by atoms with E-state index < -0.39 is 47.7 Å². The highest BCUT2D eigenvalue weighted by molar-refractivity contribution is 5.87. The fraction of sp³-hybridized carbons (Fsp3) is 0.294. The van der Waals surface area contributed by atoms with E-state index in [-0.39, 0.29) is 12.4 Å². The van der Waals surface area contributed by atoms with Gasteiger partial charge in [0.15, 0.2) is 12.3 Å². The van der Waals surface area contributed by atoms with Crippen LogP contribution in [0.15, 0.2) is 95.9 Å². The zero-order valence-electron chi connectivity index (χ0n) is 25.8. The van der Waals surface area contributed by atoms with Crippen LogP contribution in [0.2, 0.25) is 0 Å². The fourth-order valence-corrected chi connectivity index (χ4v) is 5.54. The number of nitrogens with zero attached hydrogens (tertiary/aromatic N) is 2. The number of amides is 1. The maximum Gasteiger partial charge on any atom is 0.351 e. The number of benzene rings is 3. The summed E-state index contributed by atoms with van der Waals surface area (Å²) in [5.41, 5.74) is 0.326. The molecule has 1 aliphatic heterocycles. The minimum absolute atomic E-state index is 0.0443. The summed E-state index contributed by atoms with van der Waals surface area (Å²) in [5, 5.41) is 13.9. The lowest BCUT2D eigenvalue weighted by molar-refractivity contribution is -0.156. The quantitative estimate of drug-likeness (QED) is 0.187. The third-order valence-electron chi connectivity index (χ3n) is 7.66. The van der Waals surface area contributed by atoms with Crippen molar-refractivity contribution in [1.82, 2.24) is 9.55 Å². The molecule has 2 heterocycles. The van der Waals surface area contributed by atoms with Crippen LogP contribution in [0.1, 0.15) is 36.8 Å². The van der Waals surface area contributed by atoms with E-state index in [1.807, 2.05) is 78.9 Å². The zero-order chi connectivity index (χ0) is 32.8. The van der Waals surface area contributed by atoms with Gasteiger partial charge in [-0.1, -0.05) is 54.6 Å². The summed E-state index contributed by atoms with van der Waals surface area (Å²) in [6.07, 6.45) is -3.56. The highest BCUT2D eigenvalue weighted by Crippen LogP contribution is 2.43.